The molecule has 1 fully saturated rings. The standard InChI is InChI=1S/C27H27FN6O2/c28-20-7-5-19(6-8-20)27(10-13-36-14-11-27)26(35)29-12-9-18-16-34(23-4-2-1-3-21(18)23)25-22-15-32-33-24(22)30-17-31-25/h1-8,15,17-18H,9-14,16H2,(H,29,35)(H,30,31,32,33). The maximum Gasteiger partial charge on any atom is 0.230 e. The number of nitrogens with zero attached hydrogens (tertiary/aromatic N) is 4. The number of anilines is 2. The molecule has 1 atom stereocenters. The minimum atomic E-state index is -0.695. The van der Waals surface area contributed by atoms with Crippen molar-refractivity contribution in [1.29, 1.82) is 0 Å². The fraction of sp³-hybridized carbons (Fsp3) is 0.333. The Labute approximate surface area is 207 Å². The van der Waals surface area contributed by atoms with Crippen LogP contribution in [0.1, 0.15) is 36.3 Å². The number of nitrogens with one attached hydrogen (secondary N) is 2. The van der Waals surface area contributed by atoms with Gasteiger partial charge in [-0.15, -0.1) is 0 Å². The van der Waals surface area contributed by atoms with Gasteiger partial charge in [0.15, 0.2) is 5.65 Å². The van der Waals surface area contributed by atoms with Crippen LogP contribution in [0.25, 0.3) is 11.0 Å². The number of hydrogen-bond donors (Lipinski definition) is 2. The van der Waals surface area contributed by atoms with E-state index in [0.717, 1.165) is 35.4 Å². The third kappa shape index (κ3) is 3.89. The first-order valence-electron chi connectivity index (χ1n) is 12.3. The molecule has 1 unspecified atom stereocenters. The van der Waals surface area contributed by atoms with Gasteiger partial charge < -0.3 is 15.0 Å². The zero-order valence-electron chi connectivity index (χ0n) is 19.8. The van der Waals surface area contributed by atoms with E-state index in [0.29, 0.717) is 38.2 Å². The van der Waals surface area contributed by atoms with E-state index in [1.165, 1.54) is 17.7 Å². The molecule has 2 aliphatic heterocycles. The number of aromatic nitrogens is 4. The van der Waals surface area contributed by atoms with Gasteiger partial charge >= 0.3 is 0 Å². The monoisotopic (exact) mass is 486 g/mol. The molecule has 4 aromatic rings. The highest BCUT2D eigenvalue weighted by atomic mass is 19.1. The summed E-state index contributed by atoms with van der Waals surface area (Å²) in [6.07, 6.45) is 5.26. The quantitative estimate of drug-likeness (QED) is 0.428. The van der Waals surface area contributed by atoms with Gasteiger partial charge in [0, 0.05) is 37.9 Å². The van der Waals surface area contributed by atoms with Crippen LogP contribution in [0.4, 0.5) is 15.9 Å². The van der Waals surface area contributed by atoms with Crippen molar-refractivity contribution in [2.75, 3.05) is 31.2 Å². The van der Waals surface area contributed by atoms with Crippen molar-refractivity contribution in [1.82, 2.24) is 25.5 Å². The molecule has 2 aromatic heterocycles. The number of ether oxygens (including phenoxy) is 1. The van der Waals surface area contributed by atoms with E-state index in [1.54, 1.807) is 24.7 Å². The van der Waals surface area contributed by atoms with Crippen LogP contribution in [0, 0.1) is 5.82 Å². The average Bonchev–Trinajstić information content (AvgIpc) is 3.55. The normalized spacial score (nSPS) is 18.8. The largest absolute Gasteiger partial charge is 0.381 e. The first-order chi connectivity index (χ1) is 17.7. The van der Waals surface area contributed by atoms with Crippen LogP contribution in [-0.4, -0.2) is 52.4 Å². The smallest absolute Gasteiger partial charge is 0.230 e. The van der Waals surface area contributed by atoms with Gasteiger partial charge in [0.05, 0.1) is 17.0 Å². The van der Waals surface area contributed by atoms with E-state index in [9.17, 15) is 9.18 Å². The highest BCUT2D eigenvalue weighted by Gasteiger charge is 2.41. The predicted molar refractivity (Wildman–Crippen MR) is 134 cm³/mol. The molecular formula is C27H27FN6O2. The lowest BCUT2D eigenvalue weighted by atomic mass is 9.73. The minimum absolute atomic E-state index is 0.0172. The van der Waals surface area contributed by atoms with E-state index in [2.05, 4.69) is 42.5 Å². The number of hydrogen-bond acceptors (Lipinski definition) is 6. The number of para-hydroxylation sites is 1. The molecular weight excluding hydrogens is 459 g/mol. The number of H-pyrrole nitrogens is 1. The number of carbonyl (C=O) groups is 1. The number of benzene rings is 2. The highest BCUT2D eigenvalue weighted by Crippen LogP contribution is 2.43. The van der Waals surface area contributed by atoms with Crippen LogP contribution >= 0.6 is 0 Å². The summed E-state index contributed by atoms with van der Waals surface area (Å²) in [6, 6.07) is 14.6. The maximum atomic E-state index is 13.6. The summed E-state index contributed by atoms with van der Waals surface area (Å²) in [6.45, 7) is 2.32. The Bertz CT molecular complexity index is 1380. The molecule has 0 aliphatic carbocycles. The summed E-state index contributed by atoms with van der Waals surface area (Å²) in [7, 11) is 0. The molecule has 36 heavy (non-hydrogen) atoms. The summed E-state index contributed by atoms with van der Waals surface area (Å²) in [5.41, 5.74) is 3.20. The van der Waals surface area contributed by atoms with Gasteiger partial charge in [-0.1, -0.05) is 30.3 Å². The predicted octanol–water partition coefficient (Wildman–Crippen LogP) is 3.98. The molecule has 4 heterocycles. The average molecular weight is 487 g/mol. The van der Waals surface area contributed by atoms with E-state index in [4.69, 9.17) is 4.74 Å². The molecule has 1 amide bonds. The van der Waals surface area contributed by atoms with Crippen molar-refractivity contribution < 1.29 is 13.9 Å². The summed E-state index contributed by atoms with van der Waals surface area (Å²) in [5, 5.41) is 11.1. The number of aromatic amines is 1. The molecule has 0 spiro atoms. The number of rotatable bonds is 6. The zero-order valence-corrected chi connectivity index (χ0v) is 19.8. The lowest BCUT2D eigenvalue weighted by Crippen LogP contribution is -2.48. The fourth-order valence-corrected chi connectivity index (χ4v) is 5.58. The molecule has 0 saturated carbocycles. The SMILES string of the molecule is O=C(NCCC1CN(c2ncnc3[nH]ncc23)c2ccccc21)C1(c2ccc(F)cc2)CCOCC1. The number of carbonyl (C=O) groups excluding carboxylic acids is 1. The van der Waals surface area contributed by atoms with Gasteiger partial charge in [-0.05, 0) is 48.6 Å². The highest BCUT2D eigenvalue weighted by molar-refractivity contribution is 5.90. The van der Waals surface area contributed by atoms with Crippen molar-refractivity contribution >= 4 is 28.4 Å². The summed E-state index contributed by atoms with van der Waals surface area (Å²) < 4.78 is 19.1. The van der Waals surface area contributed by atoms with Gasteiger partial charge in [-0.25, -0.2) is 14.4 Å². The Balaban J connectivity index is 1.19. The van der Waals surface area contributed by atoms with Crippen LogP contribution in [-0.2, 0) is 14.9 Å². The van der Waals surface area contributed by atoms with Crippen molar-refractivity contribution in [2.45, 2.75) is 30.6 Å². The Morgan fingerprint density at radius 3 is 2.78 bits per heavy atom. The third-order valence-corrected chi connectivity index (χ3v) is 7.51. The van der Waals surface area contributed by atoms with E-state index >= 15 is 0 Å². The van der Waals surface area contributed by atoms with E-state index < -0.39 is 5.41 Å². The van der Waals surface area contributed by atoms with Crippen LogP contribution in [0.2, 0.25) is 0 Å². The summed E-state index contributed by atoms with van der Waals surface area (Å²) in [4.78, 5) is 24.6. The van der Waals surface area contributed by atoms with Crippen LogP contribution in [0.5, 0.6) is 0 Å². The first-order valence-corrected chi connectivity index (χ1v) is 12.3. The van der Waals surface area contributed by atoms with Crippen molar-refractivity contribution in [2.24, 2.45) is 0 Å². The lowest BCUT2D eigenvalue weighted by Gasteiger charge is -2.36. The molecule has 2 aliphatic rings. The van der Waals surface area contributed by atoms with Gasteiger partial charge in [0.25, 0.3) is 0 Å². The van der Waals surface area contributed by atoms with Crippen molar-refractivity contribution in [3.8, 4) is 0 Å². The lowest BCUT2D eigenvalue weighted by molar-refractivity contribution is -0.130. The van der Waals surface area contributed by atoms with Gasteiger partial charge in [0.2, 0.25) is 5.91 Å². The van der Waals surface area contributed by atoms with Crippen LogP contribution in [0.3, 0.4) is 0 Å². The molecule has 2 aromatic carbocycles. The topological polar surface area (TPSA) is 96.0 Å². The Morgan fingerprint density at radius 1 is 1.14 bits per heavy atom. The van der Waals surface area contributed by atoms with Crippen molar-refractivity contribution in [3.05, 3.63) is 78.0 Å². The molecule has 0 radical (unpaired) electrons. The second kappa shape index (κ2) is 9.31. The van der Waals surface area contributed by atoms with E-state index in [1.807, 2.05) is 12.1 Å². The second-order valence-electron chi connectivity index (χ2n) is 9.44. The number of halogens is 1. The van der Waals surface area contributed by atoms with Crippen LogP contribution in [0.15, 0.2) is 61.1 Å². The molecule has 1 saturated heterocycles. The van der Waals surface area contributed by atoms with Gasteiger partial charge in [-0.3, -0.25) is 9.89 Å². The second-order valence-corrected chi connectivity index (χ2v) is 9.44. The summed E-state index contributed by atoms with van der Waals surface area (Å²) in [5.74, 6) is 0.735. The Kier molecular flexibility index (Phi) is 5.85. The molecule has 184 valence electrons. The fourth-order valence-electron chi connectivity index (χ4n) is 5.58. The van der Waals surface area contributed by atoms with Gasteiger partial charge in [0.1, 0.15) is 18.0 Å². The third-order valence-electron chi connectivity index (χ3n) is 7.51. The maximum absolute atomic E-state index is 13.6. The minimum Gasteiger partial charge on any atom is -0.381 e. The molecule has 9 heteroatoms. The molecule has 2 N–H and O–H groups in total. The Hall–Kier alpha value is -3.85. The van der Waals surface area contributed by atoms with Crippen molar-refractivity contribution in [3.63, 3.8) is 0 Å². The number of fused-ring (bicyclic) bond motifs is 2. The van der Waals surface area contributed by atoms with Crippen LogP contribution < -0.4 is 10.2 Å². The van der Waals surface area contributed by atoms with E-state index in [-0.39, 0.29) is 17.6 Å². The summed E-state index contributed by atoms with van der Waals surface area (Å²) >= 11 is 0. The molecule has 8 nitrogen and oxygen atoms in total. The number of amides is 1. The first kappa shape index (κ1) is 22.6. The van der Waals surface area contributed by atoms with Gasteiger partial charge in [-0.2, -0.15) is 5.10 Å². The Morgan fingerprint density at radius 2 is 1.94 bits per heavy atom. The molecule has 6 rings (SSSR count). The molecule has 0 bridgehead atoms. The zero-order chi connectivity index (χ0) is 24.5.